The Balaban J connectivity index is 1.77. The van der Waals surface area contributed by atoms with Crippen molar-refractivity contribution in [3.05, 3.63) is 86.1 Å². The van der Waals surface area contributed by atoms with Crippen LogP contribution in [-0.4, -0.2) is 12.1 Å². The van der Waals surface area contributed by atoms with E-state index in [1.54, 1.807) is 31.6 Å². The number of halogens is 3. The van der Waals surface area contributed by atoms with Crippen molar-refractivity contribution in [2.24, 2.45) is 0 Å². The van der Waals surface area contributed by atoms with Crippen LogP contribution in [0.1, 0.15) is 16.7 Å². The number of pyridine rings is 1. The van der Waals surface area contributed by atoms with Gasteiger partial charge in [0.2, 0.25) is 0 Å². The summed E-state index contributed by atoms with van der Waals surface area (Å²) in [6.07, 6.45) is 3.56. The summed E-state index contributed by atoms with van der Waals surface area (Å²) in [5.41, 5.74) is 2.98. The van der Waals surface area contributed by atoms with Gasteiger partial charge in [-0.05, 0) is 42.0 Å². The molecule has 2 aromatic carbocycles. The van der Waals surface area contributed by atoms with Crippen molar-refractivity contribution in [1.82, 2.24) is 10.3 Å². The van der Waals surface area contributed by atoms with Crippen LogP contribution in [-0.2, 0) is 19.7 Å². The summed E-state index contributed by atoms with van der Waals surface area (Å²) < 4.78 is 12.6. The van der Waals surface area contributed by atoms with E-state index in [-0.39, 0.29) is 0 Å². The molecule has 0 radical (unpaired) electrons. The zero-order valence-corrected chi connectivity index (χ0v) is 18.3. The van der Waals surface area contributed by atoms with Crippen molar-refractivity contribution < 1.29 is 9.47 Å². The van der Waals surface area contributed by atoms with Gasteiger partial charge in [0.1, 0.15) is 6.61 Å². The van der Waals surface area contributed by atoms with E-state index in [4.69, 9.17) is 32.7 Å². The van der Waals surface area contributed by atoms with Crippen LogP contribution in [0.4, 0.5) is 0 Å². The van der Waals surface area contributed by atoms with Crippen LogP contribution in [0.15, 0.2) is 59.3 Å². The van der Waals surface area contributed by atoms with Gasteiger partial charge in [-0.3, -0.25) is 4.98 Å². The SMILES string of the molecule is COc1ccc(Br)c(CNCc2ccncc2)c1OCc1ccc(Cl)cc1Cl. The summed E-state index contributed by atoms with van der Waals surface area (Å²) in [5, 5.41) is 4.59. The van der Waals surface area contributed by atoms with Gasteiger partial charge in [-0.15, -0.1) is 0 Å². The Morgan fingerprint density at radius 1 is 1.04 bits per heavy atom. The van der Waals surface area contributed by atoms with Gasteiger partial charge in [0, 0.05) is 51.1 Å². The van der Waals surface area contributed by atoms with Gasteiger partial charge in [0.05, 0.1) is 7.11 Å². The van der Waals surface area contributed by atoms with Gasteiger partial charge in [-0.2, -0.15) is 0 Å². The van der Waals surface area contributed by atoms with Crippen LogP contribution in [0, 0.1) is 0 Å². The fourth-order valence-corrected chi connectivity index (χ4v) is 3.60. The second-order valence-corrected chi connectivity index (χ2v) is 7.74. The number of aromatic nitrogens is 1. The largest absolute Gasteiger partial charge is 0.493 e. The molecule has 1 heterocycles. The molecule has 3 aromatic rings. The Labute approximate surface area is 182 Å². The van der Waals surface area contributed by atoms with E-state index in [9.17, 15) is 0 Å². The average Bonchev–Trinajstić information content (AvgIpc) is 2.70. The average molecular weight is 482 g/mol. The first kappa shape index (κ1) is 20.9. The van der Waals surface area contributed by atoms with Crippen LogP contribution in [0.5, 0.6) is 11.5 Å². The molecule has 0 saturated carbocycles. The molecular weight excluding hydrogens is 463 g/mol. The number of nitrogens with one attached hydrogen (secondary N) is 1. The summed E-state index contributed by atoms with van der Waals surface area (Å²) in [4.78, 5) is 4.04. The van der Waals surface area contributed by atoms with Gasteiger partial charge in [-0.25, -0.2) is 0 Å². The van der Waals surface area contributed by atoms with E-state index in [0.717, 1.165) is 21.2 Å². The molecule has 28 heavy (non-hydrogen) atoms. The molecule has 0 spiro atoms. The number of benzene rings is 2. The van der Waals surface area contributed by atoms with Crippen LogP contribution >= 0.6 is 39.1 Å². The third-order valence-corrected chi connectivity index (χ3v) is 5.48. The summed E-state index contributed by atoms with van der Waals surface area (Å²) in [5.74, 6) is 1.33. The summed E-state index contributed by atoms with van der Waals surface area (Å²) in [6.45, 7) is 1.62. The Morgan fingerprint density at radius 2 is 1.82 bits per heavy atom. The lowest BCUT2D eigenvalue weighted by Crippen LogP contribution is -2.14. The fourth-order valence-electron chi connectivity index (χ4n) is 2.69. The van der Waals surface area contributed by atoms with Crippen molar-refractivity contribution in [3.63, 3.8) is 0 Å². The van der Waals surface area contributed by atoms with Crippen molar-refractivity contribution in [1.29, 1.82) is 0 Å². The van der Waals surface area contributed by atoms with E-state index in [1.807, 2.05) is 30.3 Å². The Hall–Kier alpha value is -1.79. The highest BCUT2D eigenvalue weighted by molar-refractivity contribution is 9.10. The molecule has 0 bridgehead atoms. The molecule has 0 unspecified atom stereocenters. The van der Waals surface area contributed by atoms with Gasteiger partial charge in [-0.1, -0.05) is 45.2 Å². The lowest BCUT2D eigenvalue weighted by molar-refractivity contribution is 0.280. The van der Waals surface area contributed by atoms with Crippen LogP contribution < -0.4 is 14.8 Å². The highest BCUT2D eigenvalue weighted by atomic mass is 79.9. The highest BCUT2D eigenvalue weighted by Gasteiger charge is 2.15. The molecule has 0 aliphatic carbocycles. The van der Waals surface area contributed by atoms with Crippen molar-refractivity contribution >= 4 is 39.1 Å². The van der Waals surface area contributed by atoms with Crippen molar-refractivity contribution in [2.45, 2.75) is 19.7 Å². The third kappa shape index (κ3) is 5.39. The van der Waals surface area contributed by atoms with Crippen LogP contribution in [0.25, 0.3) is 0 Å². The van der Waals surface area contributed by atoms with Gasteiger partial charge in [0.15, 0.2) is 11.5 Å². The third-order valence-electron chi connectivity index (χ3n) is 4.15. The van der Waals surface area contributed by atoms with Crippen molar-refractivity contribution in [3.8, 4) is 11.5 Å². The minimum atomic E-state index is 0.306. The lowest BCUT2D eigenvalue weighted by Gasteiger charge is -2.17. The molecule has 0 aliphatic heterocycles. The first-order chi connectivity index (χ1) is 13.6. The molecule has 4 nitrogen and oxygen atoms in total. The second kappa shape index (κ2) is 10.1. The smallest absolute Gasteiger partial charge is 0.167 e. The topological polar surface area (TPSA) is 43.4 Å². The van der Waals surface area contributed by atoms with Gasteiger partial charge in [0.25, 0.3) is 0 Å². The first-order valence-corrected chi connectivity index (χ1v) is 10.1. The standard InChI is InChI=1S/C21H19BrCl2N2O2/c1-27-20-5-4-18(22)17(12-26-11-14-6-8-25-9-7-14)21(20)28-13-15-2-3-16(23)10-19(15)24/h2-10,26H,11-13H2,1H3. The highest BCUT2D eigenvalue weighted by Crippen LogP contribution is 2.37. The predicted molar refractivity (Wildman–Crippen MR) is 116 cm³/mol. The zero-order chi connectivity index (χ0) is 19.9. The summed E-state index contributed by atoms with van der Waals surface area (Å²) >= 11 is 15.9. The molecular formula is C21H19BrCl2N2O2. The van der Waals surface area contributed by atoms with Crippen LogP contribution in [0.3, 0.4) is 0 Å². The van der Waals surface area contributed by atoms with E-state index >= 15 is 0 Å². The molecule has 0 amide bonds. The molecule has 1 aromatic heterocycles. The fraction of sp³-hybridized carbons (Fsp3) is 0.190. The predicted octanol–water partition coefficient (Wildman–Crippen LogP) is 6.03. The molecule has 0 fully saturated rings. The minimum Gasteiger partial charge on any atom is -0.493 e. The molecule has 3 rings (SSSR count). The summed E-state index contributed by atoms with van der Waals surface area (Å²) in [6, 6.07) is 13.1. The zero-order valence-electron chi connectivity index (χ0n) is 15.2. The lowest BCUT2D eigenvalue weighted by atomic mass is 10.1. The Kier molecular flexibility index (Phi) is 7.57. The quantitative estimate of drug-likeness (QED) is 0.426. The number of nitrogens with zero attached hydrogens (tertiary/aromatic N) is 1. The molecule has 0 atom stereocenters. The second-order valence-electron chi connectivity index (χ2n) is 6.04. The maximum atomic E-state index is 6.27. The van der Waals surface area contributed by atoms with E-state index < -0.39 is 0 Å². The number of hydrogen-bond acceptors (Lipinski definition) is 4. The molecule has 0 aliphatic rings. The van der Waals surface area contributed by atoms with Crippen molar-refractivity contribution in [2.75, 3.05) is 7.11 Å². The van der Waals surface area contributed by atoms with Crippen LogP contribution in [0.2, 0.25) is 10.0 Å². The molecule has 0 saturated heterocycles. The van der Waals surface area contributed by atoms with E-state index in [1.165, 1.54) is 0 Å². The molecule has 1 N–H and O–H groups in total. The van der Waals surface area contributed by atoms with Gasteiger partial charge >= 0.3 is 0 Å². The number of hydrogen-bond donors (Lipinski definition) is 1. The normalized spacial score (nSPS) is 10.7. The number of methoxy groups -OCH3 is 1. The first-order valence-electron chi connectivity index (χ1n) is 8.60. The molecule has 146 valence electrons. The number of ether oxygens (including phenoxy) is 2. The maximum Gasteiger partial charge on any atom is 0.167 e. The van der Waals surface area contributed by atoms with Gasteiger partial charge < -0.3 is 14.8 Å². The maximum absolute atomic E-state index is 6.27. The van der Waals surface area contributed by atoms with E-state index in [0.29, 0.717) is 41.2 Å². The monoisotopic (exact) mass is 480 g/mol. The molecule has 7 heteroatoms. The summed E-state index contributed by atoms with van der Waals surface area (Å²) in [7, 11) is 1.62. The Morgan fingerprint density at radius 3 is 2.54 bits per heavy atom. The van der Waals surface area contributed by atoms with E-state index in [2.05, 4.69) is 26.2 Å². The number of rotatable bonds is 8. The Bertz CT molecular complexity index is 939. The minimum absolute atomic E-state index is 0.306.